The molecule has 4 nitrogen and oxygen atoms in total. The summed E-state index contributed by atoms with van der Waals surface area (Å²) in [6.45, 7) is 7.21. The number of ketones is 1. The van der Waals surface area contributed by atoms with Crippen LogP contribution in [0.3, 0.4) is 0 Å². The molecule has 0 amide bonds. The molecule has 0 aromatic carbocycles. The summed E-state index contributed by atoms with van der Waals surface area (Å²) in [4.78, 5) is 23.9. The predicted molar refractivity (Wildman–Crippen MR) is 79.2 cm³/mol. The van der Waals surface area contributed by atoms with Crippen LogP contribution in [0.1, 0.15) is 26.2 Å². The van der Waals surface area contributed by atoms with Crippen LogP contribution in [0, 0.1) is 0 Å². The summed E-state index contributed by atoms with van der Waals surface area (Å²) in [7, 11) is 0. The van der Waals surface area contributed by atoms with Crippen LogP contribution in [0.5, 0.6) is 0 Å². The molecule has 0 aromatic rings. The first-order valence-corrected chi connectivity index (χ1v) is 6.77. The van der Waals surface area contributed by atoms with E-state index in [0.717, 1.165) is 36.9 Å². The van der Waals surface area contributed by atoms with Gasteiger partial charge in [0, 0.05) is 37.7 Å². The number of carbonyl (C=O) groups excluding carboxylic acids is 1. The molecule has 1 aliphatic heterocycles. The Morgan fingerprint density at radius 1 is 1.30 bits per heavy atom. The number of aliphatic carboxylic acids is 1. The summed E-state index contributed by atoms with van der Waals surface area (Å²) >= 11 is 0. The van der Waals surface area contributed by atoms with Crippen molar-refractivity contribution in [3.8, 4) is 0 Å². The maximum atomic E-state index is 11.2. The molecule has 1 rings (SSSR count). The van der Waals surface area contributed by atoms with Gasteiger partial charge in [0.2, 0.25) is 0 Å². The average molecular weight is 275 g/mol. The second-order valence-corrected chi connectivity index (χ2v) is 4.59. The van der Waals surface area contributed by atoms with E-state index in [0.29, 0.717) is 18.6 Å². The molecule has 4 heteroatoms. The molecule has 0 saturated carbocycles. The van der Waals surface area contributed by atoms with E-state index in [1.807, 2.05) is 19.1 Å². The number of allylic oxidation sites excluding steroid dienone is 5. The Morgan fingerprint density at radius 2 is 1.95 bits per heavy atom. The molecule has 0 bridgehead atoms. The summed E-state index contributed by atoms with van der Waals surface area (Å²) < 4.78 is 0. The topological polar surface area (TPSA) is 57.6 Å². The molecule has 0 aliphatic carbocycles. The zero-order valence-corrected chi connectivity index (χ0v) is 11.8. The Hall–Kier alpha value is -2.10. The van der Waals surface area contributed by atoms with E-state index in [-0.39, 0.29) is 0 Å². The minimum Gasteiger partial charge on any atom is -0.478 e. The number of likely N-dealkylation sites (tertiary alicyclic amines) is 1. The highest BCUT2D eigenvalue weighted by molar-refractivity contribution is 5.80. The maximum absolute atomic E-state index is 11.2. The van der Waals surface area contributed by atoms with Crippen LogP contribution in [0.25, 0.3) is 0 Å². The van der Waals surface area contributed by atoms with Gasteiger partial charge in [-0.1, -0.05) is 25.7 Å². The van der Waals surface area contributed by atoms with Crippen molar-refractivity contribution in [3.05, 3.63) is 48.2 Å². The van der Waals surface area contributed by atoms with Crippen molar-refractivity contribution in [2.45, 2.75) is 26.2 Å². The summed E-state index contributed by atoms with van der Waals surface area (Å²) in [5, 5.41) is 8.62. The number of hydrogen-bond donors (Lipinski definition) is 1. The minimum atomic E-state index is -0.952. The van der Waals surface area contributed by atoms with E-state index in [2.05, 4.69) is 11.5 Å². The molecular formula is C16H21NO3. The van der Waals surface area contributed by atoms with Gasteiger partial charge in [-0.15, -0.1) is 0 Å². The highest BCUT2D eigenvalue weighted by Crippen LogP contribution is 2.14. The van der Waals surface area contributed by atoms with Crippen LogP contribution in [-0.4, -0.2) is 34.8 Å². The zero-order chi connectivity index (χ0) is 15.0. The van der Waals surface area contributed by atoms with E-state index in [9.17, 15) is 9.59 Å². The van der Waals surface area contributed by atoms with Gasteiger partial charge in [0.05, 0.1) is 0 Å². The largest absolute Gasteiger partial charge is 0.478 e. The first-order chi connectivity index (χ1) is 9.56. The average Bonchev–Trinajstić information content (AvgIpc) is 2.44. The van der Waals surface area contributed by atoms with Gasteiger partial charge in [-0.2, -0.15) is 0 Å². The standard InChI is InChI=1S/C16H21NO3/c1-3-13(6-8-16(19)20)5-7-14(4-2)17-11-9-15(18)10-12-17/h4-8H,2-3,9-12H2,1H3,(H,19,20)/b8-6+,13-5+,14-7+. The van der Waals surface area contributed by atoms with Gasteiger partial charge >= 0.3 is 5.97 Å². The fourth-order valence-electron chi connectivity index (χ4n) is 1.98. The van der Waals surface area contributed by atoms with Crippen molar-refractivity contribution in [2.75, 3.05) is 13.1 Å². The number of nitrogens with zero attached hydrogens (tertiary/aromatic N) is 1. The van der Waals surface area contributed by atoms with E-state index < -0.39 is 5.97 Å². The van der Waals surface area contributed by atoms with Crippen molar-refractivity contribution in [1.82, 2.24) is 4.90 Å². The lowest BCUT2D eigenvalue weighted by Gasteiger charge is -2.28. The molecule has 1 N–H and O–H groups in total. The molecule has 108 valence electrons. The lowest BCUT2D eigenvalue weighted by Crippen LogP contribution is -2.32. The first kappa shape index (κ1) is 16.0. The fraction of sp³-hybridized carbons (Fsp3) is 0.375. The number of rotatable bonds is 6. The number of carboxylic acids is 1. The van der Waals surface area contributed by atoms with E-state index in [4.69, 9.17) is 5.11 Å². The van der Waals surface area contributed by atoms with Crippen molar-refractivity contribution >= 4 is 11.8 Å². The Kier molecular flexibility index (Phi) is 6.50. The third-order valence-electron chi connectivity index (χ3n) is 3.21. The molecule has 0 unspecified atom stereocenters. The third-order valence-corrected chi connectivity index (χ3v) is 3.21. The van der Waals surface area contributed by atoms with Crippen LogP contribution < -0.4 is 0 Å². The summed E-state index contributed by atoms with van der Waals surface area (Å²) in [5.41, 5.74) is 1.90. The predicted octanol–water partition coefficient (Wildman–Crippen LogP) is 2.70. The SMILES string of the molecule is C=C\C(=C/C=C(/C=C/C(=O)O)CC)N1CCC(=O)CC1. The van der Waals surface area contributed by atoms with Gasteiger partial charge in [-0.05, 0) is 24.1 Å². The molecule has 20 heavy (non-hydrogen) atoms. The van der Waals surface area contributed by atoms with Gasteiger partial charge in [-0.3, -0.25) is 4.79 Å². The Morgan fingerprint density at radius 3 is 2.45 bits per heavy atom. The molecule has 1 saturated heterocycles. The number of carbonyl (C=O) groups is 2. The van der Waals surface area contributed by atoms with Crippen LogP contribution in [0.15, 0.2) is 48.2 Å². The van der Waals surface area contributed by atoms with Crippen molar-refractivity contribution < 1.29 is 14.7 Å². The second-order valence-electron chi connectivity index (χ2n) is 4.59. The molecule has 1 fully saturated rings. The van der Waals surface area contributed by atoms with Crippen molar-refractivity contribution in [1.29, 1.82) is 0 Å². The van der Waals surface area contributed by atoms with E-state index in [1.54, 1.807) is 12.2 Å². The monoisotopic (exact) mass is 275 g/mol. The van der Waals surface area contributed by atoms with Gasteiger partial charge in [0.1, 0.15) is 5.78 Å². The molecular weight excluding hydrogens is 254 g/mol. The molecule has 0 spiro atoms. The molecule has 1 aliphatic rings. The van der Waals surface area contributed by atoms with Crippen LogP contribution in [-0.2, 0) is 9.59 Å². The Bertz CT molecular complexity index is 462. The lowest BCUT2D eigenvalue weighted by atomic mass is 10.1. The third kappa shape index (κ3) is 5.26. The second kappa shape index (κ2) is 8.15. The Labute approximate surface area is 119 Å². The smallest absolute Gasteiger partial charge is 0.328 e. The lowest BCUT2D eigenvalue weighted by molar-refractivity contribution is -0.131. The maximum Gasteiger partial charge on any atom is 0.328 e. The molecule has 0 aromatic heterocycles. The van der Waals surface area contributed by atoms with E-state index >= 15 is 0 Å². The van der Waals surface area contributed by atoms with Gasteiger partial charge in [-0.25, -0.2) is 4.79 Å². The van der Waals surface area contributed by atoms with Gasteiger partial charge in [0.25, 0.3) is 0 Å². The summed E-state index contributed by atoms with van der Waals surface area (Å²) in [6, 6.07) is 0. The quantitative estimate of drug-likeness (QED) is 0.598. The molecule has 0 radical (unpaired) electrons. The number of carboxylic acid groups (broad SMARTS) is 1. The fourth-order valence-corrected chi connectivity index (χ4v) is 1.98. The summed E-state index contributed by atoms with van der Waals surface area (Å²) in [6.07, 6.45) is 10.2. The van der Waals surface area contributed by atoms with E-state index in [1.165, 1.54) is 0 Å². The minimum absolute atomic E-state index is 0.304. The number of Topliss-reactive ketones (excluding diaryl/α,β-unsaturated/α-hetero) is 1. The normalized spacial score (nSPS) is 17.6. The molecule has 1 heterocycles. The highest BCUT2D eigenvalue weighted by Gasteiger charge is 2.16. The van der Waals surface area contributed by atoms with Crippen molar-refractivity contribution in [2.24, 2.45) is 0 Å². The first-order valence-electron chi connectivity index (χ1n) is 6.77. The van der Waals surface area contributed by atoms with Gasteiger partial charge < -0.3 is 10.0 Å². The number of piperidine rings is 1. The zero-order valence-electron chi connectivity index (χ0n) is 11.8. The van der Waals surface area contributed by atoms with Gasteiger partial charge in [0.15, 0.2) is 0 Å². The molecule has 0 atom stereocenters. The van der Waals surface area contributed by atoms with Crippen LogP contribution in [0.2, 0.25) is 0 Å². The van der Waals surface area contributed by atoms with Crippen LogP contribution in [0.4, 0.5) is 0 Å². The Balaban J connectivity index is 2.79. The van der Waals surface area contributed by atoms with Crippen molar-refractivity contribution in [3.63, 3.8) is 0 Å². The van der Waals surface area contributed by atoms with Crippen LogP contribution >= 0.6 is 0 Å². The summed E-state index contributed by atoms with van der Waals surface area (Å²) in [5.74, 6) is -0.648. The number of hydrogen-bond acceptors (Lipinski definition) is 3. The highest BCUT2D eigenvalue weighted by atomic mass is 16.4.